The van der Waals surface area contributed by atoms with Gasteiger partial charge >= 0.3 is 0 Å². The van der Waals surface area contributed by atoms with E-state index in [1.807, 2.05) is 24.3 Å². The summed E-state index contributed by atoms with van der Waals surface area (Å²) in [6.45, 7) is 2.75. The third-order valence-electron chi connectivity index (χ3n) is 4.41. The van der Waals surface area contributed by atoms with Crippen LogP contribution in [-0.4, -0.2) is 31.3 Å². The summed E-state index contributed by atoms with van der Waals surface area (Å²) in [5.41, 5.74) is 2.82. The van der Waals surface area contributed by atoms with Crippen molar-refractivity contribution in [3.8, 4) is 0 Å². The van der Waals surface area contributed by atoms with E-state index in [4.69, 9.17) is 18.9 Å². The molecule has 0 aromatic heterocycles. The van der Waals surface area contributed by atoms with Gasteiger partial charge in [0.1, 0.15) is 5.69 Å². The maximum atomic E-state index is 12.3. The molecule has 2 heterocycles. The van der Waals surface area contributed by atoms with Crippen molar-refractivity contribution < 1.29 is 23.8 Å². The molecule has 0 radical (unpaired) electrons. The zero-order chi connectivity index (χ0) is 18.5. The highest BCUT2D eigenvalue weighted by molar-refractivity contribution is 5.39. The van der Waals surface area contributed by atoms with Gasteiger partial charge < -0.3 is 24.2 Å². The fourth-order valence-electron chi connectivity index (χ4n) is 2.98. The van der Waals surface area contributed by atoms with Crippen LogP contribution in [0.2, 0.25) is 0 Å². The molecule has 0 amide bonds. The molecule has 2 aromatic carbocycles. The van der Waals surface area contributed by atoms with E-state index in [-0.39, 0.29) is 12.6 Å². The van der Waals surface area contributed by atoms with Gasteiger partial charge in [0.15, 0.2) is 12.6 Å². The van der Waals surface area contributed by atoms with E-state index in [0.29, 0.717) is 42.7 Å². The van der Waals surface area contributed by atoms with Gasteiger partial charge in [-0.15, -0.1) is 0 Å². The minimum atomic E-state index is -0.360. The Morgan fingerprint density at radius 3 is 1.63 bits per heavy atom. The van der Waals surface area contributed by atoms with Gasteiger partial charge in [0, 0.05) is 28.4 Å². The van der Waals surface area contributed by atoms with E-state index < -0.39 is 0 Å². The van der Waals surface area contributed by atoms with Gasteiger partial charge in [0.25, 0.3) is 0 Å². The smallest absolute Gasteiger partial charge is 0.244 e. The molecule has 0 aliphatic carbocycles. The molecule has 7 nitrogen and oxygen atoms in total. The molecule has 0 N–H and O–H groups in total. The molecule has 142 valence electrons. The van der Waals surface area contributed by atoms with E-state index in [1.165, 1.54) is 0 Å². The first-order valence-electron chi connectivity index (χ1n) is 9.15. The molecule has 0 atom stereocenters. The van der Waals surface area contributed by atoms with Crippen molar-refractivity contribution in [1.29, 1.82) is 0 Å². The lowest BCUT2D eigenvalue weighted by Gasteiger charge is -2.23. The fourth-order valence-corrected chi connectivity index (χ4v) is 2.98. The highest BCUT2D eigenvalue weighted by Crippen LogP contribution is 2.27. The summed E-state index contributed by atoms with van der Waals surface area (Å²) in [5.74, 6) is 0. The summed E-state index contributed by atoms with van der Waals surface area (Å²) in [5, 5.41) is 16.4. The highest BCUT2D eigenvalue weighted by Gasteiger charge is 2.18. The number of rotatable bonds is 4. The lowest BCUT2D eigenvalue weighted by atomic mass is 10.2. The summed E-state index contributed by atoms with van der Waals surface area (Å²) in [4.78, 5) is 0.606. The molecule has 2 aliphatic heterocycles. The average molecular weight is 370 g/mol. The van der Waals surface area contributed by atoms with Crippen LogP contribution in [0, 0.1) is 5.21 Å². The number of hydrogen-bond acceptors (Lipinski definition) is 6. The van der Waals surface area contributed by atoms with Crippen LogP contribution in [0.3, 0.4) is 0 Å². The second-order valence-electron chi connectivity index (χ2n) is 6.41. The first-order valence-corrected chi connectivity index (χ1v) is 9.15. The lowest BCUT2D eigenvalue weighted by Crippen LogP contribution is -2.17. The predicted molar refractivity (Wildman–Crippen MR) is 96.8 cm³/mol. The van der Waals surface area contributed by atoms with Crippen LogP contribution in [0.1, 0.15) is 36.5 Å². The van der Waals surface area contributed by atoms with Crippen LogP contribution < -0.4 is 0 Å². The summed E-state index contributed by atoms with van der Waals surface area (Å²) in [6, 6.07) is 14.4. The Labute approximate surface area is 157 Å². The van der Waals surface area contributed by atoms with Crippen LogP contribution in [0.4, 0.5) is 11.4 Å². The lowest BCUT2D eigenvalue weighted by molar-refractivity contribution is -0.435. The molecule has 0 spiro atoms. The van der Waals surface area contributed by atoms with Crippen molar-refractivity contribution in [3.05, 3.63) is 64.9 Å². The third kappa shape index (κ3) is 4.51. The number of ether oxygens (including phenoxy) is 4. The minimum absolute atomic E-state index is 0.340. The van der Waals surface area contributed by atoms with Gasteiger partial charge in [-0.25, -0.2) is 0 Å². The van der Waals surface area contributed by atoms with E-state index in [2.05, 4.69) is 5.11 Å². The zero-order valence-corrected chi connectivity index (χ0v) is 15.0. The topological polar surface area (TPSA) is 75.4 Å². The van der Waals surface area contributed by atoms with E-state index >= 15 is 0 Å². The second kappa shape index (κ2) is 8.58. The van der Waals surface area contributed by atoms with Gasteiger partial charge in [-0.2, -0.15) is 0 Å². The Morgan fingerprint density at radius 2 is 1.15 bits per heavy atom. The normalized spacial score (nSPS) is 19.9. The molecule has 0 bridgehead atoms. The van der Waals surface area contributed by atoms with Crippen molar-refractivity contribution in [2.45, 2.75) is 25.4 Å². The Bertz CT molecular complexity index is 764. The van der Waals surface area contributed by atoms with Gasteiger partial charge in [-0.05, 0) is 37.1 Å². The van der Waals surface area contributed by atoms with Crippen LogP contribution in [0.25, 0.3) is 0 Å². The highest BCUT2D eigenvalue weighted by atomic mass is 16.7. The molecule has 0 unspecified atom stereocenters. The first-order chi connectivity index (χ1) is 13.3. The number of nitrogens with zero attached hydrogens (tertiary/aromatic N) is 2. The van der Waals surface area contributed by atoms with Crippen LogP contribution in [0.5, 0.6) is 0 Å². The molecule has 27 heavy (non-hydrogen) atoms. The second-order valence-corrected chi connectivity index (χ2v) is 6.41. The fraction of sp³-hybridized carbons (Fsp3) is 0.400. The minimum Gasteiger partial charge on any atom is -0.594 e. The number of benzene rings is 2. The van der Waals surface area contributed by atoms with Crippen LogP contribution >= 0.6 is 0 Å². The molecule has 7 heteroatoms. The van der Waals surface area contributed by atoms with Gasteiger partial charge in [0.05, 0.1) is 26.4 Å². The maximum Gasteiger partial charge on any atom is 0.244 e. The summed E-state index contributed by atoms with van der Waals surface area (Å²) < 4.78 is 22.3. The van der Waals surface area contributed by atoms with Crippen LogP contribution in [0.15, 0.2) is 53.6 Å². The third-order valence-corrected chi connectivity index (χ3v) is 4.41. The Morgan fingerprint density at radius 1 is 0.704 bits per heavy atom. The Hall–Kier alpha value is -2.32. The summed E-state index contributed by atoms with van der Waals surface area (Å²) in [7, 11) is 0. The molecular weight excluding hydrogens is 348 g/mol. The predicted octanol–water partition coefficient (Wildman–Crippen LogP) is 4.48. The monoisotopic (exact) mass is 370 g/mol. The zero-order valence-electron chi connectivity index (χ0n) is 15.0. The first kappa shape index (κ1) is 18.1. The summed E-state index contributed by atoms with van der Waals surface area (Å²) in [6.07, 6.45) is 1.11. The van der Waals surface area contributed by atoms with Gasteiger partial charge in [-0.3, -0.25) is 0 Å². The van der Waals surface area contributed by atoms with Crippen molar-refractivity contribution >= 4 is 11.4 Å². The summed E-state index contributed by atoms with van der Waals surface area (Å²) >= 11 is 0. The van der Waals surface area contributed by atoms with Crippen molar-refractivity contribution in [2.24, 2.45) is 5.11 Å². The molecule has 2 aromatic rings. The quantitative estimate of drug-likeness (QED) is 0.450. The largest absolute Gasteiger partial charge is 0.594 e. The standard InChI is InChI=1S/C20H22N2O5/c23-22(18-9-5-16(6-10-18)20-26-13-2-14-27-20)21-17-7-3-15(4-8-17)19-24-11-1-12-25-19/h3-10,19-20H,1-2,11-14H2. The van der Waals surface area contributed by atoms with Crippen LogP contribution in [-0.2, 0) is 18.9 Å². The number of azo groups is 1. The Kier molecular flexibility index (Phi) is 5.74. The van der Waals surface area contributed by atoms with E-state index in [0.717, 1.165) is 24.0 Å². The van der Waals surface area contributed by atoms with E-state index in [9.17, 15) is 5.21 Å². The Balaban J connectivity index is 1.43. The average Bonchev–Trinajstić information content (AvgIpc) is 2.76. The molecule has 2 aliphatic rings. The van der Waals surface area contributed by atoms with Gasteiger partial charge in [0.2, 0.25) is 5.69 Å². The maximum absolute atomic E-state index is 12.3. The van der Waals surface area contributed by atoms with E-state index in [1.54, 1.807) is 24.3 Å². The van der Waals surface area contributed by atoms with Crippen molar-refractivity contribution in [3.63, 3.8) is 0 Å². The molecule has 2 saturated heterocycles. The van der Waals surface area contributed by atoms with Crippen molar-refractivity contribution in [1.82, 2.24) is 0 Å². The molecular formula is C20H22N2O5. The SMILES string of the molecule is [O-][N+](=Nc1ccc(C2OCCCO2)cc1)c1ccc(C2OCCCO2)cc1. The van der Waals surface area contributed by atoms with Crippen molar-refractivity contribution in [2.75, 3.05) is 26.4 Å². The molecule has 2 fully saturated rings. The van der Waals surface area contributed by atoms with Gasteiger partial charge in [-0.1, -0.05) is 17.0 Å². The molecule has 4 rings (SSSR count). The molecule has 0 saturated carbocycles. The number of hydrogen-bond donors (Lipinski definition) is 0.